The summed E-state index contributed by atoms with van der Waals surface area (Å²) in [4.78, 5) is 27.4. The van der Waals surface area contributed by atoms with Crippen molar-refractivity contribution in [3.05, 3.63) is 78.0 Å². The van der Waals surface area contributed by atoms with Crippen molar-refractivity contribution < 1.29 is 4.79 Å². The normalized spacial score (nSPS) is 10.4. The molecule has 6 heteroatoms. The number of carbonyl (C=O) groups is 1. The van der Waals surface area contributed by atoms with Gasteiger partial charge in [-0.15, -0.1) is 0 Å². The first-order valence-corrected chi connectivity index (χ1v) is 8.52. The highest BCUT2D eigenvalue weighted by molar-refractivity contribution is 5.93. The Morgan fingerprint density at radius 3 is 2.50 bits per heavy atom. The van der Waals surface area contributed by atoms with Crippen LogP contribution in [0.4, 0.5) is 11.5 Å². The SMILES string of the molecule is CCN(c1ccccc1)c1cc(C(=O)NCc2ccncc2)nc(C)n1. The molecule has 3 rings (SSSR count). The molecule has 1 amide bonds. The molecular weight excluding hydrogens is 326 g/mol. The Morgan fingerprint density at radius 2 is 1.81 bits per heavy atom. The molecule has 132 valence electrons. The van der Waals surface area contributed by atoms with Gasteiger partial charge in [-0.05, 0) is 43.7 Å². The van der Waals surface area contributed by atoms with E-state index in [9.17, 15) is 4.79 Å². The molecule has 0 bridgehead atoms. The zero-order valence-corrected chi connectivity index (χ0v) is 14.9. The van der Waals surface area contributed by atoms with E-state index in [4.69, 9.17) is 0 Å². The van der Waals surface area contributed by atoms with Gasteiger partial charge in [0.2, 0.25) is 0 Å². The number of amides is 1. The number of benzene rings is 1. The molecule has 2 heterocycles. The topological polar surface area (TPSA) is 71.0 Å². The van der Waals surface area contributed by atoms with Crippen molar-refractivity contribution in [3.8, 4) is 0 Å². The van der Waals surface area contributed by atoms with Crippen molar-refractivity contribution >= 4 is 17.4 Å². The van der Waals surface area contributed by atoms with Gasteiger partial charge in [-0.1, -0.05) is 18.2 Å². The molecule has 6 nitrogen and oxygen atoms in total. The summed E-state index contributed by atoms with van der Waals surface area (Å²) in [5.41, 5.74) is 2.37. The third kappa shape index (κ3) is 4.22. The van der Waals surface area contributed by atoms with Crippen molar-refractivity contribution in [1.82, 2.24) is 20.3 Å². The maximum absolute atomic E-state index is 12.5. The molecule has 0 aliphatic carbocycles. The van der Waals surface area contributed by atoms with Crippen LogP contribution in [0.2, 0.25) is 0 Å². The van der Waals surface area contributed by atoms with E-state index in [0.29, 0.717) is 23.9 Å². The van der Waals surface area contributed by atoms with Crippen LogP contribution in [0, 0.1) is 6.92 Å². The van der Waals surface area contributed by atoms with Gasteiger partial charge in [0.1, 0.15) is 17.3 Å². The predicted octanol–water partition coefficient (Wildman–Crippen LogP) is 3.27. The second-order valence-corrected chi connectivity index (χ2v) is 5.78. The zero-order chi connectivity index (χ0) is 18.4. The smallest absolute Gasteiger partial charge is 0.270 e. The van der Waals surface area contributed by atoms with Crippen LogP contribution in [0.1, 0.15) is 28.8 Å². The molecule has 0 atom stereocenters. The molecule has 1 N–H and O–H groups in total. The van der Waals surface area contributed by atoms with Gasteiger partial charge < -0.3 is 10.2 Å². The molecule has 0 aliphatic rings. The first kappa shape index (κ1) is 17.5. The molecular formula is C20H21N5O. The van der Waals surface area contributed by atoms with Crippen molar-refractivity contribution in [2.24, 2.45) is 0 Å². The van der Waals surface area contributed by atoms with Crippen LogP contribution >= 0.6 is 0 Å². The average Bonchev–Trinajstić information content (AvgIpc) is 2.68. The monoisotopic (exact) mass is 347 g/mol. The molecule has 0 spiro atoms. The fourth-order valence-electron chi connectivity index (χ4n) is 2.66. The molecule has 0 radical (unpaired) electrons. The summed E-state index contributed by atoms with van der Waals surface area (Å²) in [6, 6.07) is 15.4. The lowest BCUT2D eigenvalue weighted by atomic mass is 10.2. The second kappa shape index (κ2) is 8.20. The Kier molecular flexibility index (Phi) is 5.53. The standard InChI is InChI=1S/C20H21N5O/c1-3-25(17-7-5-4-6-8-17)19-13-18(23-15(2)24-19)20(26)22-14-16-9-11-21-12-10-16/h4-13H,3,14H2,1-2H3,(H,22,26). The Balaban J connectivity index is 1.81. The number of hydrogen-bond donors (Lipinski definition) is 1. The fraction of sp³-hybridized carbons (Fsp3) is 0.200. The summed E-state index contributed by atoms with van der Waals surface area (Å²) in [6.45, 7) is 5.00. The molecule has 1 aromatic carbocycles. The van der Waals surface area contributed by atoms with Crippen LogP contribution in [-0.4, -0.2) is 27.4 Å². The van der Waals surface area contributed by atoms with Gasteiger partial charge >= 0.3 is 0 Å². The van der Waals surface area contributed by atoms with Crippen molar-refractivity contribution in [1.29, 1.82) is 0 Å². The van der Waals surface area contributed by atoms with Gasteiger partial charge in [0, 0.05) is 37.2 Å². The van der Waals surface area contributed by atoms with E-state index in [-0.39, 0.29) is 5.91 Å². The molecule has 2 aromatic heterocycles. The van der Waals surface area contributed by atoms with Crippen LogP contribution in [-0.2, 0) is 6.54 Å². The first-order chi connectivity index (χ1) is 12.7. The van der Waals surface area contributed by atoms with Gasteiger partial charge in [-0.3, -0.25) is 9.78 Å². The summed E-state index contributed by atoms with van der Waals surface area (Å²) >= 11 is 0. The van der Waals surface area contributed by atoms with Gasteiger partial charge in [-0.2, -0.15) is 0 Å². The van der Waals surface area contributed by atoms with Crippen LogP contribution < -0.4 is 10.2 Å². The average molecular weight is 347 g/mol. The minimum absolute atomic E-state index is 0.224. The number of nitrogens with one attached hydrogen (secondary N) is 1. The van der Waals surface area contributed by atoms with Gasteiger partial charge in [0.15, 0.2) is 0 Å². The molecule has 0 aliphatic heterocycles. The number of rotatable bonds is 6. The van der Waals surface area contributed by atoms with Gasteiger partial charge in [0.25, 0.3) is 5.91 Å². The number of para-hydroxylation sites is 1. The lowest BCUT2D eigenvalue weighted by molar-refractivity contribution is 0.0945. The Bertz CT molecular complexity index is 868. The first-order valence-electron chi connectivity index (χ1n) is 8.52. The van der Waals surface area contributed by atoms with Crippen molar-refractivity contribution in [2.75, 3.05) is 11.4 Å². The third-order valence-corrected chi connectivity index (χ3v) is 3.92. The number of anilines is 2. The van der Waals surface area contributed by atoms with E-state index in [1.807, 2.05) is 54.3 Å². The highest BCUT2D eigenvalue weighted by Gasteiger charge is 2.15. The fourth-order valence-corrected chi connectivity index (χ4v) is 2.66. The summed E-state index contributed by atoms with van der Waals surface area (Å²) in [5, 5.41) is 2.89. The molecule has 0 saturated heterocycles. The Morgan fingerprint density at radius 1 is 1.08 bits per heavy atom. The van der Waals surface area contributed by atoms with Crippen LogP contribution in [0.3, 0.4) is 0 Å². The number of nitrogens with zero attached hydrogens (tertiary/aromatic N) is 4. The minimum Gasteiger partial charge on any atom is -0.347 e. The maximum atomic E-state index is 12.5. The highest BCUT2D eigenvalue weighted by atomic mass is 16.1. The summed E-state index contributed by atoms with van der Waals surface area (Å²) < 4.78 is 0. The Labute approximate surface area is 153 Å². The van der Waals surface area contributed by atoms with E-state index in [0.717, 1.165) is 17.8 Å². The van der Waals surface area contributed by atoms with Crippen molar-refractivity contribution in [3.63, 3.8) is 0 Å². The van der Waals surface area contributed by atoms with E-state index >= 15 is 0 Å². The number of hydrogen-bond acceptors (Lipinski definition) is 5. The molecule has 0 unspecified atom stereocenters. The molecule has 0 fully saturated rings. The lowest BCUT2D eigenvalue weighted by Crippen LogP contribution is -2.25. The van der Waals surface area contributed by atoms with E-state index in [2.05, 4.69) is 20.3 Å². The largest absolute Gasteiger partial charge is 0.347 e. The number of aromatic nitrogens is 3. The van der Waals surface area contributed by atoms with Crippen LogP contribution in [0.5, 0.6) is 0 Å². The molecule has 0 saturated carbocycles. The summed E-state index contributed by atoms with van der Waals surface area (Å²) in [6.07, 6.45) is 3.40. The van der Waals surface area contributed by atoms with Gasteiger partial charge in [0.05, 0.1) is 0 Å². The van der Waals surface area contributed by atoms with Crippen LogP contribution in [0.15, 0.2) is 60.9 Å². The van der Waals surface area contributed by atoms with Crippen molar-refractivity contribution in [2.45, 2.75) is 20.4 Å². The minimum atomic E-state index is -0.224. The summed E-state index contributed by atoms with van der Waals surface area (Å²) in [5.74, 6) is 1.05. The Hall–Kier alpha value is -3.28. The number of aryl methyl sites for hydroxylation is 1. The maximum Gasteiger partial charge on any atom is 0.270 e. The van der Waals surface area contributed by atoms with E-state index in [1.165, 1.54) is 0 Å². The lowest BCUT2D eigenvalue weighted by Gasteiger charge is -2.22. The molecule has 3 aromatic rings. The second-order valence-electron chi connectivity index (χ2n) is 5.78. The summed E-state index contributed by atoms with van der Waals surface area (Å²) in [7, 11) is 0. The quantitative estimate of drug-likeness (QED) is 0.741. The third-order valence-electron chi connectivity index (χ3n) is 3.92. The van der Waals surface area contributed by atoms with Crippen LogP contribution in [0.25, 0.3) is 0 Å². The predicted molar refractivity (Wildman–Crippen MR) is 101 cm³/mol. The highest BCUT2D eigenvalue weighted by Crippen LogP contribution is 2.23. The molecule has 26 heavy (non-hydrogen) atoms. The zero-order valence-electron chi connectivity index (χ0n) is 14.9. The number of carbonyl (C=O) groups excluding carboxylic acids is 1. The van der Waals surface area contributed by atoms with E-state index in [1.54, 1.807) is 25.4 Å². The van der Waals surface area contributed by atoms with Gasteiger partial charge in [-0.25, -0.2) is 9.97 Å². The number of pyridine rings is 1. The van der Waals surface area contributed by atoms with E-state index < -0.39 is 0 Å².